The molecule has 1 atom stereocenters. The van der Waals surface area contributed by atoms with E-state index in [1.165, 1.54) is 30.4 Å². The van der Waals surface area contributed by atoms with E-state index in [-0.39, 0.29) is 11.1 Å². The Morgan fingerprint density at radius 1 is 0.944 bits per heavy atom. The van der Waals surface area contributed by atoms with Gasteiger partial charge in [0.25, 0.3) is 0 Å². The van der Waals surface area contributed by atoms with Gasteiger partial charge in [-0.15, -0.1) is 0 Å². The number of hydrogen-bond donors (Lipinski definition) is 1. The number of aliphatic hydroxyl groups is 1. The van der Waals surface area contributed by atoms with Crippen molar-refractivity contribution < 1.29 is 14.6 Å². The standard InChI is InChI=1S/C30H43N3O3/c1-31(2)30(25-9-6-10-27(19-25)36-4)17-15-29(16-18-30)22-32(20-24-11-13-26(35-3)14-12-24)28(34)33(29)21-23-7-5-8-23/h6,9-14,19,23,28,34H,5,7-8,15-18,20-22H2,1-4H3/t28?,29-,30+. The van der Waals surface area contributed by atoms with Gasteiger partial charge in [0.1, 0.15) is 11.5 Å². The van der Waals surface area contributed by atoms with Crippen LogP contribution in [0.25, 0.3) is 0 Å². The number of nitrogens with zero attached hydrogens (tertiary/aromatic N) is 3. The van der Waals surface area contributed by atoms with E-state index < -0.39 is 6.35 Å². The molecule has 1 heterocycles. The SMILES string of the molecule is COc1ccc(CN2C[C@]3(CC[C@](c4cccc(OC)c4)(N(C)C)CC3)N(CC3CCC3)C2O)cc1. The Morgan fingerprint density at radius 2 is 1.64 bits per heavy atom. The molecule has 1 unspecified atom stereocenters. The molecule has 2 aromatic carbocycles. The molecule has 3 fully saturated rings. The van der Waals surface area contributed by atoms with Gasteiger partial charge in [0.2, 0.25) is 0 Å². The molecular formula is C30H43N3O3. The Hall–Kier alpha value is -2.12. The summed E-state index contributed by atoms with van der Waals surface area (Å²) in [6.45, 7) is 2.67. The van der Waals surface area contributed by atoms with Crippen LogP contribution in [0.2, 0.25) is 0 Å². The van der Waals surface area contributed by atoms with Gasteiger partial charge in [-0.1, -0.05) is 30.7 Å². The van der Waals surface area contributed by atoms with E-state index in [2.05, 4.69) is 59.1 Å². The fraction of sp³-hybridized carbons (Fsp3) is 0.600. The summed E-state index contributed by atoms with van der Waals surface area (Å²) in [5, 5.41) is 11.6. The van der Waals surface area contributed by atoms with Crippen molar-refractivity contribution in [2.24, 2.45) is 5.92 Å². The molecule has 1 spiro atoms. The average Bonchev–Trinajstić information content (AvgIpc) is 3.12. The molecule has 0 amide bonds. The van der Waals surface area contributed by atoms with Crippen LogP contribution in [0.1, 0.15) is 56.1 Å². The van der Waals surface area contributed by atoms with Crippen molar-refractivity contribution in [2.75, 3.05) is 41.4 Å². The third kappa shape index (κ3) is 4.65. The van der Waals surface area contributed by atoms with E-state index in [1.54, 1.807) is 14.2 Å². The molecule has 3 aliphatic rings. The zero-order chi connectivity index (χ0) is 25.3. The summed E-state index contributed by atoms with van der Waals surface area (Å²) in [6.07, 6.45) is 7.67. The number of aliphatic hydroxyl groups excluding tert-OH is 1. The Morgan fingerprint density at radius 3 is 2.22 bits per heavy atom. The van der Waals surface area contributed by atoms with Gasteiger partial charge in [-0.3, -0.25) is 14.7 Å². The Bertz CT molecular complexity index is 1010. The van der Waals surface area contributed by atoms with Crippen LogP contribution in [0, 0.1) is 5.92 Å². The van der Waals surface area contributed by atoms with Crippen LogP contribution in [-0.2, 0) is 12.1 Å². The van der Waals surface area contributed by atoms with Crippen molar-refractivity contribution in [3.63, 3.8) is 0 Å². The maximum Gasteiger partial charge on any atom is 0.166 e. The van der Waals surface area contributed by atoms with Gasteiger partial charge in [-0.05, 0) is 93.9 Å². The monoisotopic (exact) mass is 493 g/mol. The molecule has 6 heteroatoms. The van der Waals surface area contributed by atoms with Gasteiger partial charge in [0.15, 0.2) is 6.35 Å². The summed E-state index contributed by atoms with van der Waals surface area (Å²) in [5.41, 5.74) is 2.54. The second-order valence-corrected chi connectivity index (χ2v) is 11.4. The quantitative estimate of drug-likeness (QED) is 0.577. The van der Waals surface area contributed by atoms with Crippen LogP contribution in [0.4, 0.5) is 0 Å². The van der Waals surface area contributed by atoms with Crippen LogP contribution in [0.5, 0.6) is 11.5 Å². The largest absolute Gasteiger partial charge is 0.497 e. The highest BCUT2D eigenvalue weighted by Crippen LogP contribution is 2.50. The molecule has 0 bridgehead atoms. The third-order valence-electron chi connectivity index (χ3n) is 9.41. The second-order valence-electron chi connectivity index (χ2n) is 11.4. The van der Waals surface area contributed by atoms with Gasteiger partial charge in [0, 0.05) is 30.7 Å². The molecule has 0 aromatic heterocycles. The predicted octanol–water partition coefficient (Wildman–Crippen LogP) is 4.67. The maximum absolute atomic E-state index is 11.6. The van der Waals surface area contributed by atoms with Crippen LogP contribution in [0.15, 0.2) is 48.5 Å². The molecular weight excluding hydrogens is 450 g/mol. The lowest BCUT2D eigenvalue weighted by Gasteiger charge is -2.52. The average molecular weight is 494 g/mol. The molecule has 5 rings (SSSR count). The summed E-state index contributed by atoms with van der Waals surface area (Å²) in [5.74, 6) is 2.51. The first-order valence-corrected chi connectivity index (χ1v) is 13.5. The van der Waals surface area contributed by atoms with E-state index in [0.29, 0.717) is 0 Å². The normalized spacial score (nSPS) is 29.6. The molecule has 196 valence electrons. The van der Waals surface area contributed by atoms with Crippen LogP contribution < -0.4 is 9.47 Å². The molecule has 1 N–H and O–H groups in total. The van der Waals surface area contributed by atoms with E-state index in [1.807, 2.05) is 18.2 Å². The smallest absolute Gasteiger partial charge is 0.166 e. The van der Waals surface area contributed by atoms with Crippen molar-refractivity contribution in [3.05, 3.63) is 59.7 Å². The molecule has 36 heavy (non-hydrogen) atoms. The number of rotatable bonds is 8. The molecule has 2 aliphatic carbocycles. The lowest BCUT2D eigenvalue weighted by molar-refractivity contribution is -0.104. The van der Waals surface area contributed by atoms with E-state index in [9.17, 15) is 5.11 Å². The summed E-state index contributed by atoms with van der Waals surface area (Å²) in [6, 6.07) is 16.9. The highest BCUT2D eigenvalue weighted by Gasteiger charge is 2.55. The van der Waals surface area contributed by atoms with E-state index in [0.717, 1.165) is 62.7 Å². The molecule has 0 radical (unpaired) electrons. The van der Waals surface area contributed by atoms with Gasteiger partial charge in [-0.2, -0.15) is 0 Å². The predicted molar refractivity (Wildman–Crippen MR) is 143 cm³/mol. The van der Waals surface area contributed by atoms with Crippen molar-refractivity contribution in [3.8, 4) is 11.5 Å². The number of benzene rings is 2. The van der Waals surface area contributed by atoms with Crippen molar-refractivity contribution in [2.45, 2.75) is 68.9 Å². The Kier molecular flexibility index (Phi) is 7.32. The minimum absolute atomic E-state index is 0.0137. The first-order valence-electron chi connectivity index (χ1n) is 13.5. The minimum Gasteiger partial charge on any atom is -0.497 e. The van der Waals surface area contributed by atoms with E-state index in [4.69, 9.17) is 9.47 Å². The molecule has 6 nitrogen and oxygen atoms in total. The van der Waals surface area contributed by atoms with Gasteiger partial charge >= 0.3 is 0 Å². The molecule has 1 aliphatic heterocycles. The highest BCUT2D eigenvalue weighted by atomic mass is 16.5. The summed E-state index contributed by atoms with van der Waals surface area (Å²) in [7, 11) is 7.86. The topological polar surface area (TPSA) is 48.4 Å². The van der Waals surface area contributed by atoms with Crippen molar-refractivity contribution in [1.82, 2.24) is 14.7 Å². The van der Waals surface area contributed by atoms with Crippen molar-refractivity contribution >= 4 is 0 Å². The van der Waals surface area contributed by atoms with Gasteiger partial charge in [0.05, 0.1) is 14.2 Å². The number of ether oxygens (including phenoxy) is 2. The van der Waals surface area contributed by atoms with Crippen molar-refractivity contribution in [1.29, 1.82) is 0 Å². The number of methoxy groups -OCH3 is 2. The summed E-state index contributed by atoms with van der Waals surface area (Å²) < 4.78 is 10.9. The lowest BCUT2D eigenvalue weighted by Crippen LogP contribution is -2.57. The number of hydrogen-bond acceptors (Lipinski definition) is 6. The van der Waals surface area contributed by atoms with Gasteiger partial charge < -0.3 is 14.6 Å². The fourth-order valence-corrected chi connectivity index (χ4v) is 6.82. The minimum atomic E-state index is -0.531. The third-order valence-corrected chi connectivity index (χ3v) is 9.41. The van der Waals surface area contributed by atoms with Crippen LogP contribution in [-0.4, -0.2) is 73.1 Å². The second kappa shape index (κ2) is 10.3. The lowest BCUT2D eigenvalue weighted by atomic mass is 9.68. The van der Waals surface area contributed by atoms with Gasteiger partial charge in [-0.25, -0.2) is 0 Å². The highest BCUT2D eigenvalue weighted by molar-refractivity contribution is 5.35. The summed E-state index contributed by atoms with van der Waals surface area (Å²) >= 11 is 0. The molecule has 2 saturated carbocycles. The Balaban J connectivity index is 1.39. The first kappa shape index (κ1) is 25.5. The molecule has 1 saturated heterocycles. The maximum atomic E-state index is 11.6. The zero-order valence-corrected chi connectivity index (χ0v) is 22.4. The zero-order valence-electron chi connectivity index (χ0n) is 22.4. The summed E-state index contributed by atoms with van der Waals surface area (Å²) in [4.78, 5) is 7.17. The fourth-order valence-electron chi connectivity index (χ4n) is 6.82. The first-order chi connectivity index (χ1) is 17.4. The molecule has 2 aromatic rings. The van der Waals surface area contributed by atoms with Crippen LogP contribution >= 0.6 is 0 Å². The van der Waals surface area contributed by atoms with Crippen LogP contribution in [0.3, 0.4) is 0 Å². The Labute approximate surface area is 216 Å². The van der Waals surface area contributed by atoms with E-state index >= 15 is 0 Å².